The number of aliphatic carboxylic acids is 1. The number of rotatable bonds is 10. The zero-order chi connectivity index (χ0) is 17.5. The fourth-order valence-corrected chi connectivity index (χ4v) is 4.11. The Morgan fingerprint density at radius 3 is 2.30 bits per heavy atom. The summed E-state index contributed by atoms with van der Waals surface area (Å²) in [6.45, 7) is 1.38. The molecule has 0 fully saturated rings. The third-order valence-electron chi connectivity index (χ3n) is 2.91. The second-order valence-corrected chi connectivity index (χ2v) is 8.47. The molecule has 1 aromatic carbocycles. The molecule has 0 heterocycles. The number of carboxylic acid groups (broad SMARTS) is 1. The first-order valence-electron chi connectivity index (χ1n) is 6.95. The van der Waals surface area contributed by atoms with E-state index in [4.69, 9.17) is 5.11 Å². The van der Waals surface area contributed by atoms with E-state index in [9.17, 15) is 21.6 Å². The summed E-state index contributed by atoms with van der Waals surface area (Å²) in [6.07, 6.45) is 0.657. The molecule has 1 atom stereocenters. The van der Waals surface area contributed by atoms with E-state index in [-0.39, 0.29) is 17.9 Å². The minimum Gasteiger partial charge on any atom is -0.480 e. The quantitative estimate of drug-likeness (QED) is 0.541. The van der Waals surface area contributed by atoms with Crippen molar-refractivity contribution in [3.05, 3.63) is 30.3 Å². The molecule has 0 aliphatic carbocycles. The molecule has 0 spiro atoms. The molecule has 130 valence electrons. The maximum Gasteiger partial charge on any atom is 0.321 e. The van der Waals surface area contributed by atoms with E-state index >= 15 is 0 Å². The van der Waals surface area contributed by atoms with Gasteiger partial charge in [-0.15, -0.1) is 0 Å². The van der Waals surface area contributed by atoms with Crippen LogP contribution in [0.1, 0.15) is 19.8 Å². The van der Waals surface area contributed by atoms with Gasteiger partial charge in [-0.2, -0.15) is 0 Å². The van der Waals surface area contributed by atoms with Gasteiger partial charge in [-0.1, -0.05) is 31.5 Å². The lowest BCUT2D eigenvalue weighted by molar-refractivity contribution is -0.139. The minimum atomic E-state index is -3.91. The van der Waals surface area contributed by atoms with Crippen molar-refractivity contribution in [1.82, 2.24) is 9.44 Å². The maximum absolute atomic E-state index is 11.9. The normalized spacial score (nSPS) is 13.6. The summed E-state index contributed by atoms with van der Waals surface area (Å²) in [5.41, 5.74) is 0. The van der Waals surface area contributed by atoms with Crippen molar-refractivity contribution >= 4 is 26.0 Å². The fourth-order valence-electron chi connectivity index (χ4n) is 1.79. The molecule has 0 saturated carbocycles. The zero-order valence-electron chi connectivity index (χ0n) is 12.6. The van der Waals surface area contributed by atoms with Gasteiger partial charge < -0.3 is 5.11 Å². The van der Waals surface area contributed by atoms with Crippen LogP contribution in [0.3, 0.4) is 0 Å². The molecule has 23 heavy (non-hydrogen) atoms. The first-order chi connectivity index (χ1) is 10.7. The number of nitrogens with one attached hydrogen (secondary N) is 2. The molecule has 1 rings (SSSR count). The summed E-state index contributed by atoms with van der Waals surface area (Å²) in [7, 11) is -7.71. The van der Waals surface area contributed by atoms with Gasteiger partial charge in [-0.25, -0.2) is 26.3 Å². The van der Waals surface area contributed by atoms with Gasteiger partial charge in [0, 0.05) is 6.54 Å². The number of benzene rings is 1. The average Bonchev–Trinajstić information content (AvgIpc) is 2.47. The Morgan fingerprint density at radius 2 is 1.78 bits per heavy atom. The molecule has 0 amide bonds. The van der Waals surface area contributed by atoms with Gasteiger partial charge >= 0.3 is 5.97 Å². The Balaban J connectivity index is 2.61. The largest absolute Gasteiger partial charge is 0.480 e. The van der Waals surface area contributed by atoms with Gasteiger partial charge in [-0.05, 0) is 18.6 Å². The van der Waals surface area contributed by atoms with Gasteiger partial charge in [0.1, 0.15) is 6.04 Å². The van der Waals surface area contributed by atoms with Crippen molar-refractivity contribution in [1.29, 1.82) is 0 Å². The lowest BCUT2D eigenvalue weighted by atomic mass is 10.2. The van der Waals surface area contributed by atoms with Crippen LogP contribution in [-0.4, -0.2) is 46.3 Å². The Hall–Kier alpha value is -1.49. The SMILES string of the molecule is CCCC(NS(=O)(=O)CCNS(=O)(=O)c1ccccc1)C(=O)O. The van der Waals surface area contributed by atoms with Crippen LogP contribution >= 0.6 is 0 Å². The van der Waals surface area contributed by atoms with Gasteiger partial charge in [0.05, 0.1) is 10.6 Å². The standard InChI is InChI=1S/C13H20N2O6S2/c1-2-6-12(13(16)17)15-22(18,19)10-9-14-23(20,21)11-7-4-3-5-8-11/h3-5,7-8,12,14-15H,2,6,9-10H2,1H3,(H,16,17). The van der Waals surface area contributed by atoms with E-state index in [1.54, 1.807) is 25.1 Å². The van der Waals surface area contributed by atoms with Gasteiger partial charge in [0.2, 0.25) is 20.0 Å². The molecule has 0 aliphatic rings. The summed E-state index contributed by atoms with van der Waals surface area (Å²) in [6, 6.07) is 6.32. The lowest BCUT2D eigenvalue weighted by Gasteiger charge is -2.14. The first-order valence-corrected chi connectivity index (χ1v) is 10.1. The van der Waals surface area contributed by atoms with Gasteiger partial charge in [0.25, 0.3) is 0 Å². The second kappa shape index (κ2) is 8.39. The molecule has 0 radical (unpaired) electrons. The number of hydrogen-bond acceptors (Lipinski definition) is 5. The Labute approximate surface area is 136 Å². The predicted octanol–water partition coefficient (Wildman–Crippen LogP) is 0.138. The number of hydrogen-bond donors (Lipinski definition) is 3. The molecule has 1 aromatic rings. The molecule has 0 aromatic heterocycles. The highest BCUT2D eigenvalue weighted by atomic mass is 32.2. The third-order valence-corrected chi connectivity index (χ3v) is 5.78. The average molecular weight is 364 g/mol. The highest BCUT2D eigenvalue weighted by molar-refractivity contribution is 7.90. The Morgan fingerprint density at radius 1 is 1.17 bits per heavy atom. The van der Waals surface area contributed by atoms with Crippen molar-refractivity contribution in [3.8, 4) is 0 Å². The van der Waals surface area contributed by atoms with Crippen molar-refractivity contribution in [2.75, 3.05) is 12.3 Å². The van der Waals surface area contributed by atoms with Crippen molar-refractivity contribution in [2.45, 2.75) is 30.7 Å². The number of carboxylic acids is 1. The molecule has 1 unspecified atom stereocenters. The van der Waals surface area contributed by atoms with E-state index in [2.05, 4.69) is 9.44 Å². The number of carbonyl (C=O) groups is 1. The maximum atomic E-state index is 11.9. The van der Waals surface area contributed by atoms with Crippen LogP contribution in [0, 0.1) is 0 Å². The zero-order valence-corrected chi connectivity index (χ0v) is 14.2. The van der Waals surface area contributed by atoms with E-state index < -0.39 is 37.8 Å². The monoisotopic (exact) mass is 364 g/mol. The van der Waals surface area contributed by atoms with Crippen molar-refractivity contribution < 1.29 is 26.7 Å². The molecule has 0 saturated heterocycles. The molecular weight excluding hydrogens is 344 g/mol. The molecule has 0 aliphatic heterocycles. The summed E-state index contributed by atoms with van der Waals surface area (Å²) in [5.74, 6) is -1.81. The van der Waals surface area contributed by atoms with Crippen LogP contribution in [0.4, 0.5) is 0 Å². The van der Waals surface area contributed by atoms with Crippen LogP contribution in [-0.2, 0) is 24.8 Å². The van der Waals surface area contributed by atoms with Crippen molar-refractivity contribution in [2.24, 2.45) is 0 Å². The molecule has 0 bridgehead atoms. The van der Waals surface area contributed by atoms with Crippen LogP contribution in [0.25, 0.3) is 0 Å². The summed E-state index contributed by atoms with van der Waals surface area (Å²) in [4.78, 5) is 11.0. The molecule has 8 nitrogen and oxygen atoms in total. The van der Waals surface area contributed by atoms with Crippen LogP contribution in [0.15, 0.2) is 35.2 Å². The molecular formula is C13H20N2O6S2. The smallest absolute Gasteiger partial charge is 0.321 e. The summed E-state index contributed by atoms with van der Waals surface area (Å²) < 4.78 is 51.8. The minimum absolute atomic E-state index is 0.0275. The third kappa shape index (κ3) is 6.65. The topological polar surface area (TPSA) is 130 Å². The van der Waals surface area contributed by atoms with Gasteiger partial charge in [-0.3, -0.25) is 4.79 Å². The molecule has 3 N–H and O–H groups in total. The van der Waals surface area contributed by atoms with Crippen LogP contribution in [0.2, 0.25) is 0 Å². The van der Waals surface area contributed by atoms with Crippen LogP contribution < -0.4 is 9.44 Å². The van der Waals surface area contributed by atoms with E-state index in [1.807, 2.05) is 0 Å². The van der Waals surface area contributed by atoms with Gasteiger partial charge in [0.15, 0.2) is 0 Å². The Kier molecular flexibility index (Phi) is 7.13. The first kappa shape index (κ1) is 19.6. The highest BCUT2D eigenvalue weighted by Gasteiger charge is 2.23. The Bertz CT molecular complexity index is 716. The second-order valence-electron chi connectivity index (χ2n) is 4.83. The lowest BCUT2D eigenvalue weighted by Crippen LogP contribution is -2.43. The fraction of sp³-hybridized carbons (Fsp3) is 0.462. The van der Waals surface area contributed by atoms with Crippen LogP contribution in [0.5, 0.6) is 0 Å². The molecule has 10 heteroatoms. The summed E-state index contributed by atoms with van der Waals surface area (Å²) in [5, 5.41) is 8.93. The predicted molar refractivity (Wildman–Crippen MR) is 84.9 cm³/mol. The summed E-state index contributed by atoms with van der Waals surface area (Å²) >= 11 is 0. The van der Waals surface area contributed by atoms with E-state index in [1.165, 1.54) is 12.1 Å². The van der Waals surface area contributed by atoms with E-state index in [0.717, 1.165) is 0 Å². The highest BCUT2D eigenvalue weighted by Crippen LogP contribution is 2.06. The van der Waals surface area contributed by atoms with E-state index in [0.29, 0.717) is 6.42 Å². The van der Waals surface area contributed by atoms with Crippen molar-refractivity contribution in [3.63, 3.8) is 0 Å². The number of sulfonamides is 2.